The molecule has 0 bridgehead atoms. The maximum atomic E-state index is 15.1. The fraction of sp³-hybridized carbons (Fsp3) is 0.267. The highest BCUT2D eigenvalue weighted by Crippen LogP contribution is 2.46. The quantitative estimate of drug-likeness (QED) is 0.0764. The standard InChI is InChI=1S/C30H23Cl2F4N7O3S/c1-29(2,38-27(45)18-4-3-11-42(46)14-18)10-9-17-7-8-21(25(32)26(17)33)37-23(44)15-47-28-39-40-41-43(28)22-13-19(16-5-6-16)12-20(24(22)31)30(34,35)36/h3-4,7-8,11-14,16H,5-6,15H2,1-2H3,(H,37,44)(H,38,45). The van der Waals surface area contributed by atoms with Crippen LogP contribution in [0, 0.1) is 22.9 Å². The smallest absolute Gasteiger partial charge is 0.417 e. The molecule has 1 fully saturated rings. The van der Waals surface area contributed by atoms with Crippen LogP contribution in [0.1, 0.15) is 59.7 Å². The Labute approximate surface area is 279 Å². The van der Waals surface area contributed by atoms with E-state index in [9.17, 15) is 28.0 Å². The van der Waals surface area contributed by atoms with Gasteiger partial charge in [0.15, 0.2) is 18.2 Å². The molecule has 244 valence electrons. The van der Waals surface area contributed by atoms with E-state index in [-0.39, 0.29) is 39.3 Å². The number of tetrazole rings is 1. The van der Waals surface area contributed by atoms with Gasteiger partial charge in [-0.1, -0.05) is 46.8 Å². The number of thioether (sulfide) groups is 1. The maximum absolute atomic E-state index is 15.1. The summed E-state index contributed by atoms with van der Waals surface area (Å²) in [6.07, 6.45) is -0.870. The topological polar surface area (TPSA) is 129 Å². The number of carbonyl (C=O) groups excluding carboxylic acids is 2. The third-order valence-corrected chi connectivity index (χ3v) is 8.45. The first-order valence-electron chi connectivity index (χ1n) is 13.8. The highest BCUT2D eigenvalue weighted by Gasteiger charge is 2.37. The molecular formula is C30H23Cl2F4N7O3S. The van der Waals surface area contributed by atoms with Gasteiger partial charge >= 0.3 is 6.18 Å². The van der Waals surface area contributed by atoms with Crippen LogP contribution in [0.2, 0.25) is 10.0 Å². The second-order valence-electron chi connectivity index (χ2n) is 11.0. The molecule has 2 heterocycles. The number of benzene rings is 2. The Hall–Kier alpha value is -4.39. The fourth-order valence-corrected chi connectivity index (χ4v) is 5.51. The number of nitrogens with zero attached hydrogens (tertiary/aromatic N) is 5. The van der Waals surface area contributed by atoms with E-state index in [2.05, 4.69) is 38.0 Å². The lowest BCUT2D eigenvalue weighted by molar-refractivity contribution is -0.605. The zero-order valence-electron chi connectivity index (χ0n) is 24.5. The van der Waals surface area contributed by atoms with Crippen molar-refractivity contribution in [3.8, 4) is 17.5 Å². The van der Waals surface area contributed by atoms with E-state index in [1.807, 2.05) is 0 Å². The summed E-state index contributed by atoms with van der Waals surface area (Å²) in [5, 5.41) is 26.7. The van der Waals surface area contributed by atoms with Crippen LogP contribution >= 0.6 is 35.0 Å². The Morgan fingerprint density at radius 1 is 1.17 bits per heavy atom. The third-order valence-electron chi connectivity index (χ3n) is 6.76. The number of pyridine rings is 1. The normalized spacial score (nSPS) is 13.1. The van der Waals surface area contributed by atoms with Gasteiger partial charge in [-0.05, 0) is 78.9 Å². The molecule has 2 amide bonds. The molecule has 10 nitrogen and oxygen atoms in total. The van der Waals surface area contributed by atoms with Crippen LogP contribution in [0.15, 0.2) is 53.9 Å². The highest BCUT2D eigenvalue weighted by atomic mass is 35.5. The summed E-state index contributed by atoms with van der Waals surface area (Å²) in [6, 6.07) is 8.04. The summed E-state index contributed by atoms with van der Waals surface area (Å²) < 4.78 is 57.8. The van der Waals surface area contributed by atoms with E-state index in [4.69, 9.17) is 23.2 Å². The van der Waals surface area contributed by atoms with Gasteiger partial charge in [-0.2, -0.15) is 22.6 Å². The lowest BCUT2D eigenvalue weighted by Crippen LogP contribution is -2.43. The van der Waals surface area contributed by atoms with Crippen molar-refractivity contribution in [2.75, 3.05) is 11.1 Å². The van der Waals surface area contributed by atoms with Crippen LogP contribution < -0.4 is 15.4 Å². The van der Waals surface area contributed by atoms with Gasteiger partial charge in [0.2, 0.25) is 11.1 Å². The molecule has 2 N–H and O–H groups in total. The van der Waals surface area contributed by atoms with E-state index in [0.717, 1.165) is 41.5 Å². The molecule has 1 aliphatic rings. The summed E-state index contributed by atoms with van der Waals surface area (Å²) in [5.41, 5.74) is -1.80. The van der Waals surface area contributed by atoms with Gasteiger partial charge in [-0.25, -0.2) is 4.39 Å². The van der Waals surface area contributed by atoms with Crippen LogP contribution in [0.4, 0.5) is 23.2 Å². The molecule has 2 aromatic heterocycles. The van der Waals surface area contributed by atoms with E-state index in [1.54, 1.807) is 13.8 Å². The van der Waals surface area contributed by atoms with Crippen molar-refractivity contribution < 1.29 is 31.9 Å². The fourth-order valence-electron chi connectivity index (χ4n) is 4.32. The van der Waals surface area contributed by atoms with Crippen LogP contribution in [-0.2, 0) is 11.0 Å². The van der Waals surface area contributed by atoms with Gasteiger partial charge in [-0.3, -0.25) is 9.59 Å². The zero-order valence-corrected chi connectivity index (χ0v) is 26.8. The van der Waals surface area contributed by atoms with Crippen molar-refractivity contribution in [1.82, 2.24) is 25.5 Å². The minimum atomic E-state index is -4.70. The molecule has 4 aromatic rings. The monoisotopic (exact) mass is 707 g/mol. The van der Waals surface area contributed by atoms with E-state index in [1.165, 1.54) is 36.5 Å². The van der Waals surface area contributed by atoms with Gasteiger partial charge in [0.1, 0.15) is 10.6 Å². The number of alkyl halides is 3. The third kappa shape index (κ3) is 8.13. The SMILES string of the molecule is CC(C)(C#Cc1ccc(NC(=O)CSc2nnnn2-c2cc(C3CC3)cc(C(F)(F)F)c2Cl)c(Cl)c1F)NC(=O)c1ccc[n+]([O-])c1. The van der Waals surface area contributed by atoms with Crippen LogP contribution in [0.5, 0.6) is 0 Å². The van der Waals surface area contributed by atoms with Crippen molar-refractivity contribution in [2.45, 2.75) is 49.5 Å². The van der Waals surface area contributed by atoms with Gasteiger partial charge < -0.3 is 15.8 Å². The molecule has 0 saturated heterocycles. The predicted molar refractivity (Wildman–Crippen MR) is 166 cm³/mol. The Morgan fingerprint density at radius 2 is 1.91 bits per heavy atom. The second-order valence-corrected chi connectivity index (χ2v) is 12.7. The number of halogens is 6. The average Bonchev–Trinajstić information content (AvgIpc) is 3.75. The molecule has 0 radical (unpaired) electrons. The van der Waals surface area contributed by atoms with Crippen LogP contribution in [0.3, 0.4) is 0 Å². The summed E-state index contributed by atoms with van der Waals surface area (Å²) in [6.45, 7) is 3.17. The van der Waals surface area contributed by atoms with Crippen molar-refractivity contribution >= 4 is 52.5 Å². The first-order chi connectivity index (χ1) is 22.1. The number of aromatic nitrogens is 5. The number of rotatable bonds is 8. The molecule has 0 aliphatic heterocycles. The Bertz CT molecular complexity index is 1940. The number of carbonyl (C=O) groups is 2. The molecule has 0 spiro atoms. The molecule has 0 unspecified atom stereocenters. The van der Waals surface area contributed by atoms with Crippen LogP contribution in [0.25, 0.3) is 5.69 Å². The molecule has 0 atom stereocenters. The van der Waals surface area contributed by atoms with Crippen molar-refractivity contribution in [3.05, 3.63) is 92.1 Å². The van der Waals surface area contributed by atoms with Crippen molar-refractivity contribution in [2.24, 2.45) is 0 Å². The van der Waals surface area contributed by atoms with Crippen molar-refractivity contribution in [1.29, 1.82) is 0 Å². The molecule has 17 heteroatoms. The summed E-state index contributed by atoms with van der Waals surface area (Å²) in [5.74, 6) is 2.94. The maximum Gasteiger partial charge on any atom is 0.417 e. The minimum absolute atomic E-state index is 0.000198. The number of anilines is 1. The molecule has 1 saturated carbocycles. The van der Waals surface area contributed by atoms with Crippen LogP contribution in [-0.4, -0.2) is 43.3 Å². The molecule has 1 aliphatic carbocycles. The van der Waals surface area contributed by atoms with E-state index >= 15 is 4.39 Å². The summed E-state index contributed by atoms with van der Waals surface area (Å²) >= 11 is 13.2. The lowest BCUT2D eigenvalue weighted by atomic mass is 10.0. The number of hydrogen-bond donors (Lipinski definition) is 2. The van der Waals surface area contributed by atoms with Gasteiger partial charge in [0.05, 0.1) is 38.8 Å². The first kappa shape index (κ1) is 34.0. The summed E-state index contributed by atoms with van der Waals surface area (Å²) in [4.78, 5) is 25.2. The Balaban J connectivity index is 1.26. The first-order valence-corrected chi connectivity index (χ1v) is 15.5. The second kappa shape index (κ2) is 13.4. The minimum Gasteiger partial charge on any atom is -0.619 e. The molecule has 2 aromatic carbocycles. The van der Waals surface area contributed by atoms with Gasteiger partial charge in [-0.15, -0.1) is 5.10 Å². The van der Waals surface area contributed by atoms with E-state index in [0.29, 0.717) is 10.3 Å². The average molecular weight is 709 g/mol. The Kier molecular flexibility index (Phi) is 9.67. The van der Waals surface area contributed by atoms with Crippen molar-refractivity contribution in [3.63, 3.8) is 0 Å². The molecule has 5 rings (SSSR count). The molecular weight excluding hydrogens is 685 g/mol. The predicted octanol–water partition coefficient (Wildman–Crippen LogP) is 5.93. The number of hydrogen-bond acceptors (Lipinski definition) is 7. The van der Waals surface area contributed by atoms with E-state index < -0.39 is 45.0 Å². The molecule has 47 heavy (non-hydrogen) atoms. The van der Waals surface area contributed by atoms with Gasteiger partial charge in [0.25, 0.3) is 5.91 Å². The lowest BCUT2D eigenvalue weighted by Gasteiger charge is -2.19. The number of nitrogens with one attached hydrogen (secondary N) is 2. The highest BCUT2D eigenvalue weighted by molar-refractivity contribution is 7.99. The number of amides is 2. The Morgan fingerprint density at radius 3 is 2.60 bits per heavy atom. The van der Waals surface area contributed by atoms with Gasteiger partial charge in [0, 0.05) is 6.07 Å². The summed E-state index contributed by atoms with van der Waals surface area (Å²) in [7, 11) is 0. The largest absolute Gasteiger partial charge is 0.619 e. The zero-order chi connectivity index (χ0) is 34.1.